The molecule has 0 amide bonds. The summed E-state index contributed by atoms with van der Waals surface area (Å²) in [6.45, 7) is 2.84. The van der Waals surface area contributed by atoms with Crippen LogP contribution in [0.2, 0.25) is 5.02 Å². The molecule has 0 saturated carbocycles. The Bertz CT molecular complexity index is 595. The van der Waals surface area contributed by atoms with Crippen LogP contribution >= 0.6 is 11.6 Å². The Morgan fingerprint density at radius 1 is 1.47 bits per heavy atom. The van der Waals surface area contributed by atoms with Crippen molar-refractivity contribution in [2.75, 3.05) is 0 Å². The highest BCUT2D eigenvalue weighted by Gasteiger charge is 2.15. The number of ketones is 1. The second-order valence-electron chi connectivity index (χ2n) is 4.26. The monoisotopic (exact) mass is 280 g/mol. The van der Waals surface area contributed by atoms with Crippen molar-refractivity contribution in [1.29, 1.82) is 0 Å². The molecule has 0 aliphatic rings. The van der Waals surface area contributed by atoms with E-state index in [1.165, 1.54) is 12.1 Å². The Morgan fingerprint density at radius 2 is 2.26 bits per heavy atom. The van der Waals surface area contributed by atoms with Gasteiger partial charge in [0.25, 0.3) is 0 Å². The fraction of sp³-hybridized carbons (Fsp3) is 0.286. The van der Waals surface area contributed by atoms with Crippen LogP contribution in [0.1, 0.15) is 29.5 Å². The van der Waals surface area contributed by atoms with Gasteiger partial charge in [0, 0.05) is 24.0 Å². The topological polar surface area (TPSA) is 34.9 Å². The quantitative estimate of drug-likeness (QED) is 0.786. The number of rotatable bonds is 5. The van der Waals surface area contributed by atoms with Gasteiger partial charge in [0.05, 0.1) is 12.0 Å². The summed E-state index contributed by atoms with van der Waals surface area (Å²) >= 11 is 5.66. The van der Waals surface area contributed by atoms with E-state index in [0.29, 0.717) is 5.82 Å². The van der Waals surface area contributed by atoms with Crippen LogP contribution in [0, 0.1) is 5.82 Å². The third-order valence-corrected chi connectivity index (χ3v) is 3.05. The van der Waals surface area contributed by atoms with Gasteiger partial charge < -0.3 is 4.57 Å². The molecule has 1 aromatic heterocycles. The molecule has 0 aliphatic carbocycles. The number of carbonyl (C=O) groups is 1. The Labute approximate surface area is 116 Å². The van der Waals surface area contributed by atoms with Gasteiger partial charge in [-0.3, -0.25) is 4.79 Å². The lowest BCUT2D eigenvalue weighted by molar-refractivity contribution is 0.0986. The number of carbonyl (C=O) groups excluding carboxylic acids is 1. The van der Waals surface area contributed by atoms with Crippen molar-refractivity contribution in [3.05, 3.63) is 52.8 Å². The highest BCUT2D eigenvalue weighted by molar-refractivity contribution is 6.30. The standard InChI is InChI=1S/C14H14ClFN2O/c1-2-6-18-7-5-17-14(18)9-13(19)11-4-3-10(15)8-12(11)16/h3-5,7-8H,2,6,9H2,1H3. The van der Waals surface area contributed by atoms with Gasteiger partial charge in [-0.25, -0.2) is 9.37 Å². The van der Waals surface area contributed by atoms with Gasteiger partial charge in [0.2, 0.25) is 0 Å². The van der Waals surface area contributed by atoms with Crippen LogP contribution in [0.15, 0.2) is 30.6 Å². The number of Topliss-reactive ketones (excluding diaryl/α,β-unsaturated/α-hetero) is 1. The van der Waals surface area contributed by atoms with E-state index >= 15 is 0 Å². The van der Waals surface area contributed by atoms with E-state index < -0.39 is 5.82 Å². The van der Waals surface area contributed by atoms with Crippen LogP contribution in [0.25, 0.3) is 0 Å². The number of nitrogens with zero attached hydrogens (tertiary/aromatic N) is 2. The summed E-state index contributed by atoms with van der Waals surface area (Å²) in [6.07, 6.45) is 4.51. The average molecular weight is 281 g/mol. The Hall–Kier alpha value is -1.68. The number of aryl methyl sites for hydroxylation is 1. The molecule has 0 aliphatic heterocycles. The first-order chi connectivity index (χ1) is 9.11. The molecule has 0 atom stereocenters. The number of hydrogen-bond acceptors (Lipinski definition) is 2. The molecule has 0 bridgehead atoms. The molecule has 0 fully saturated rings. The number of imidazole rings is 1. The second kappa shape index (κ2) is 5.97. The Balaban J connectivity index is 2.18. The van der Waals surface area contributed by atoms with Gasteiger partial charge in [-0.1, -0.05) is 18.5 Å². The van der Waals surface area contributed by atoms with Crippen LogP contribution in [-0.2, 0) is 13.0 Å². The molecule has 5 heteroatoms. The van der Waals surface area contributed by atoms with Gasteiger partial charge in [0.1, 0.15) is 11.6 Å². The molecule has 100 valence electrons. The summed E-state index contributed by atoms with van der Waals surface area (Å²) in [5, 5.41) is 0.279. The van der Waals surface area contributed by atoms with Crippen molar-refractivity contribution in [3.63, 3.8) is 0 Å². The van der Waals surface area contributed by atoms with Crippen LogP contribution in [-0.4, -0.2) is 15.3 Å². The van der Waals surface area contributed by atoms with Gasteiger partial charge in [-0.05, 0) is 24.6 Å². The van der Waals surface area contributed by atoms with E-state index in [4.69, 9.17) is 11.6 Å². The molecule has 2 rings (SSSR count). The molecule has 0 spiro atoms. The van der Waals surface area contributed by atoms with Crippen molar-refractivity contribution in [3.8, 4) is 0 Å². The van der Waals surface area contributed by atoms with Gasteiger partial charge in [-0.2, -0.15) is 0 Å². The molecule has 3 nitrogen and oxygen atoms in total. The number of aromatic nitrogens is 2. The Kier molecular flexibility index (Phi) is 4.32. The summed E-state index contributed by atoms with van der Waals surface area (Å²) in [5.74, 6) is -0.231. The molecule has 1 aromatic carbocycles. The first-order valence-electron chi connectivity index (χ1n) is 6.10. The maximum atomic E-state index is 13.6. The lowest BCUT2D eigenvalue weighted by Crippen LogP contribution is -2.11. The van der Waals surface area contributed by atoms with E-state index in [-0.39, 0.29) is 22.8 Å². The molecule has 0 saturated heterocycles. The molecule has 0 unspecified atom stereocenters. The molecule has 0 radical (unpaired) electrons. The summed E-state index contributed by atoms with van der Waals surface area (Å²) in [7, 11) is 0. The predicted octanol–water partition coefficient (Wildman–Crippen LogP) is 3.51. The fourth-order valence-corrected chi connectivity index (χ4v) is 2.06. The summed E-state index contributed by atoms with van der Waals surface area (Å²) in [4.78, 5) is 16.2. The lowest BCUT2D eigenvalue weighted by Gasteiger charge is -2.06. The zero-order valence-corrected chi connectivity index (χ0v) is 11.3. The minimum atomic E-state index is -0.592. The first kappa shape index (κ1) is 13.7. The predicted molar refractivity (Wildman–Crippen MR) is 72.0 cm³/mol. The van der Waals surface area contributed by atoms with Gasteiger partial charge in [0.15, 0.2) is 5.78 Å². The first-order valence-corrected chi connectivity index (χ1v) is 6.48. The lowest BCUT2D eigenvalue weighted by atomic mass is 10.1. The summed E-state index contributed by atoms with van der Waals surface area (Å²) in [5.41, 5.74) is 0.0513. The zero-order chi connectivity index (χ0) is 13.8. The smallest absolute Gasteiger partial charge is 0.173 e. The normalized spacial score (nSPS) is 10.7. The minimum absolute atomic E-state index is 0.0513. The van der Waals surface area contributed by atoms with Crippen molar-refractivity contribution >= 4 is 17.4 Å². The van der Waals surface area contributed by atoms with E-state index in [1.807, 2.05) is 17.7 Å². The van der Waals surface area contributed by atoms with E-state index in [0.717, 1.165) is 19.0 Å². The van der Waals surface area contributed by atoms with E-state index in [9.17, 15) is 9.18 Å². The molecule has 2 aromatic rings. The number of halogens is 2. The van der Waals surface area contributed by atoms with Crippen molar-refractivity contribution in [1.82, 2.24) is 9.55 Å². The molecular formula is C14H14ClFN2O. The van der Waals surface area contributed by atoms with Crippen LogP contribution in [0.4, 0.5) is 4.39 Å². The second-order valence-corrected chi connectivity index (χ2v) is 4.70. The molecule has 0 N–H and O–H groups in total. The number of benzene rings is 1. The van der Waals surface area contributed by atoms with Crippen molar-refractivity contribution < 1.29 is 9.18 Å². The zero-order valence-electron chi connectivity index (χ0n) is 10.6. The highest BCUT2D eigenvalue weighted by Crippen LogP contribution is 2.16. The number of hydrogen-bond donors (Lipinski definition) is 0. The largest absolute Gasteiger partial charge is 0.335 e. The summed E-state index contributed by atoms with van der Waals surface area (Å²) in [6, 6.07) is 4.07. The Morgan fingerprint density at radius 3 is 2.95 bits per heavy atom. The van der Waals surface area contributed by atoms with Crippen LogP contribution < -0.4 is 0 Å². The maximum Gasteiger partial charge on any atom is 0.173 e. The van der Waals surface area contributed by atoms with Crippen LogP contribution in [0.3, 0.4) is 0 Å². The highest BCUT2D eigenvalue weighted by atomic mass is 35.5. The SMILES string of the molecule is CCCn1ccnc1CC(=O)c1ccc(Cl)cc1F. The summed E-state index contributed by atoms with van der Waals surface area (Å²) < 4.78 is 15.6. The van der Waals surface area contributed by atoms with Crippen molar-refractivity contribution in [2.24, 2.45) is 0 Å². The molecule has 1 heterocycles. The van der Waals surface area contributed by atoms with E-state index in [1.54, 1.807) is 6.20 Å². The average Bonchev–Trinajstić information content (AvgIpc) is 2.77. The van der Waals surface area contributed by atoms with Gasteiger partial charge >= 0.3 is 0 Å². The minimum Gasteiger partial charge on any atom is -0.335 e. The fourth-order valence-electron chi connectivity index (χ4n) is 1.91. The molecule has 19 heavy (non-hydrogen) atoms. The maximum absolute atomic E-state index is 13.6. The van der Waals surface area contributed by atoms with E-state index in [2.05, 4.69) is 4.98 Å². The van der Waals surface area contributed by atoms with Gasteiger partial charge in [-0.15, -0.1) is 0 Å². The van der Waals surface area contributed by atoms with Crippen LogP contribution in [0.5, 0.6) is 0 Å². The third kappa shape index (κ3) is 3.20. The molecular weight excluding hydrogens is 267 g/mol. The third-order valence-electron chi connectivity index (χ3n) is 2.82. The van der Waals surface area contributed by atoms with Crippen molar-refractivity contribution in [2.45, 2.75) is 26.3 Å².